The molecule has 672 valence electrons. The Balaban J connectivity index is 0.000000126. The molecule has 12 aliphatic rings. The summed E-state index contributed by atoms with van der Waals surface area (Å²) in [6.07, 6.45) is 40.1. The first-order chi connectivity index (χ1) is 57.7. The number of rotatable bonds is 6. The molecule has 0 N–H and O–H groups in total. The third-order valence-electron chi connectivity index (χ3n) is 31.9. The van der Waals surface area contributed by atoms with Gasteiger partial charge in [-0.1, -0.05) is 17.7 Å². The van der Waals surface area contributed by atoms with Gasteiger partial charge < -0.3 is 24.5 Å². The van der Waals surface area contributed by atoms with E-state index in [1.54, 1.807) is 12.1 Å². The van der Waals surface area contributed by atoms with Crippen molar-refractivity contribution >= 4 is 40.4 Å². The number of hydrogen-bond acceptors (Lipinski definition) is 16. The van der Waals surface area contributed by atoms with E-state index in [0.717, 1.165) is 67.7 Å². The molecule has 122 heavy (non-hydrogen) atoms. The highest BCUT2D eigenvalue weighted by Crippen LogP contribution is 2.52. The predicted molar refractivity (Wildman–Crippen MR) is 511 cm³/mol. The van der Waals surface area contributed by atoms with Crippen LogP contribution in [0.1, 0.15) is 265 Å². The molecule has 0 bridgehead atoms. The molecule has 18 rings (SSSR count). The molecular formula is C104H162ClFN16. The van der Waals surface area contributed by atoms with Crippen molar-refractivity contribution in [1.29, 1.82) is 0 Å². The second-order valence-electron chi connectivity index (χ2n) is 45.9. The van der Waals surface area contributed by atoms with Crippen molar-refractivity contribution in [2.45, 2.75) is 292 Å². The van der Waals surface area contributed by atoms with Gasteiger partial charge in [-0.2, -0.15) is 0 Å². The number of halogens is 2. The first kappa shape index (κ1) is 93.6. The van der Waals surface area contributed by atoms with Crippen molar-refractivity contribution in [3.05, 3.63) is 157 Å². The monoisotopic (exact) mass is 1690 g/mol. The van der Waals surface area contributed by atoms with Crippen LogP contribution in [0, 0.1) is 38.3 Å². The van der Waals surface area contributed by atoms with Crippen molar-refractivity contribution < 1.29 is 4.39 Å². The van der Waals surface area contributed by atoms with Crippen LogP contribution in [0.3, 0.4) is 0 Å². The van der Waals surface area contributed by atoms with E-state index in [1.165, 1.54) is 250 Å². The fourth-order valence-electron chi connectivity index (χ4n) is 22.6. The quantitative estimate of drug-likeness (QED) is 0.158. The maximum atomic E-state index is 13.0. The van der Waals surface area contributed by atoms with Gasteiger partial charge in [0.25, 0.3) is 0 Å². The van der Waals surface area contributed by atoms with E-state index in [4.69, 9.17) is 11.6 Å². The zero-order valence-corrected chi connectivity index (χ0v) is 80.2. The average Bonchev–Trinajstić information content (AvgIpc) is 1.42. The van der Waals surface area contributed by atoms with E-state index in [-0.39, 0.29) is 11.4 Å². The normalized spacial score (nSPS) is 24.7. The van der Waals surface area contributed by atoms with Crippen molar-refractivity contribution in [2.24, 2.45) is 32.5 Å². The molecule has 0 atom stereocenters. The van der Waals surface area contributed by atoms with E-state index in [1.807, 2.05) is 85.8 Å². The Morgan fingerprint density at radius 1 is 0.287 bits per heavy atom. The summed E-state index contributed by atoms with van der Waals surface area (Å²) in [5.41, 5.74) is 10.6. The van der Waals surface area contributed by atoms with Crippen molar-refractivity contribution in [2.75, 3.05) is 168 Å². The Bertz CT molecular complexity index is 3680. The molecule has 4 aromatic heterocycles. The lowest BCUT2D eigenvalue weighted by Gasteiger charge is -2.41. The van der Waals surface area contributed by atoms with Gasteiger partial charge in [0, 0.05) is 192 Å². The number of anilines is 5. The van der Waals surface area contributed by atoms with Gasteiger partial charge in [-0.3, -0.25) is 39.4 Å². The average molecular weight is 1690 g/mol. The number of nitrogens with zero attached hydrogens (tertiary/aromatic N) is 16. The van der Waals surface area contributed by atoms with Crippen molar-refractivity contribution in [3.8, 4) is 0 Å². The molecule has 2 aromatic carbocycles. The maximum Gasteiger partial charge on any atom is 0.225 e. The van der Waals surface area contributed by atoms with Crippen molar-refractivity contribution in [1.82, 2.24) is 54.3 Å². The zero-order chi connectivity index (χ0) is 87.0. The summed E-state index contributed by atoms with van der Waals surface area (Å²) < 4.78 is 13.0. The second kappa shape index (κ2) is 38.9. The molecular weight excluding hydrogens is 1530 g/mol. The standard InChI is InChI=1S/C18H27ClN2.C18H27FN2.C18H28N2.2C17H27N3.C16H26N4/c2*1-17(2,3)21-13-10-18(14-21)8-11-20(12-9-18)16-6-4-15(19)5-7-16;1-17(2,3)20-13-10-18(14-20)8-4-15(5-9-18)16-6-11-19-12-7-16;1-16(2,3)20-12-8-17(14-20)6-10-19(11-7-17)15-5-4-9-18-13-15;1-16(2,3)20-13-9-17(14-20)7-11-19(12-8-17)15-6-4-5-10-18-15;1-15(2,3)20-12-7-16(13-20)5-10-19(11-6-16)14-17-8-4-9-18-14/h2*4-7H,8-14H2,1-3H3;6-7,11-12,15H,4-5,8-10,13-14H2,1-3H3;4-5,9,13H,6-8,10-12,14H2,1-3H3;4-6,10H,7-9,11-14H2,1-3H3;4,8-9H,5-7,10-13H2,1-3H3. The second-order valence-corrected chi connectivity index (χ2v) is 46.4. The van der Waals surface area contributed by atoms with Crippen LogP contribution in [0.15, 0.2) is 140 Å². The van der Waals surface area contributed by atoms with Crippen LogP contribution in [0.5, 0.6) is 0 Å². The lowest BCUT2D eigenvalue weighted by atomic mass is 9.68. The molecule has 1 saturated carbocycles. The Hall–Kier alpha value is -6.05. The van der Waals surface area contributed by atoms with Crippen LogP contribution in [0.25, 0.3) is 0 Å². The molecule has 1 aliphatic carbocycles. The summed E-state index contributed by atoms with van der Waals surface area (Å²) in [6, 6.07) is 32.0. The van der Waals surface area contributed by atoms with Crippen LogP contribution in [-0.4, -0.2) is 232 Å². The molecule has 0 amide bonds. The van der Waals surface area contributed by atoms with Gasteiger partial charge in [-0.15, -0.1) is 0 Å². The van der Waals surface area contributed by atoms with Crippen LogP contribution in [0.4, 0.5) is 33.2 Å². The van der Waals surface area contributed by atoms with E-state index >= 15 is 0 Å². The van der Waals surface area contributed by atoms with Gasteiger partial charge in [0.15, 0.2) is 0 Å². The van der Waals surface area contributed by atoms with Crippen LogP contribution in [-0.2, 0) is 0 Å². The van der Waals surface area contributed by atoms with Gasteiger partial charge in [-0.05, 0) is 427 Å². The highest BCUT2D eigenvalue weighted by Gasteiger charge is 2.50. The first-order valence-corrected chi connectivity index (χ1v) is 48.3. The first-order valence-electron chi connectivity index (χ1n) is 47.9. The Labute approximate surface area is 744 Å². The molecule has 16 nitrogen and oxygen atoms in total. The molecule has 0 radical (unpaired) electrons. The minimum atomic E-state index is -0.149. The Morgan fingerprint density at radius 3 is 0.918 bits per heavy atom. The summed E-state index contributed by atoms with van der Waals surface area (Å²) in [5, 5.41) is 0.823. The Morgan fingerprint density at radius 2 is 0.598 bits per heavy atom. The highest BCUT2D eigenvalue weighted by atomic mass is 35.5. The predicted octanol–water partition coefficient (Wildman–Crippen LogP) is 21.5. The molecule has 11 saturated heterocycles. The number of piperidine rings is 5. The summed E-state index contributed by atoms with van der Waals surface area (Å²) in [7, 11) is 0. The summed E-state index contributed by atoms with van der Waals surface area (Å²) in [4.78, 5) is 49.8. The smallest absolute Gasteiger partial charge is 0.225 e. The Kier molecular flexibility index (Phi) is 29.8. The SMILES string of the molecule is CC(C)(C)N1CCC2(CCC(c3ccncc3)CC2)C1.CC(C)(C)N1CCC2(CCN(c3ccc(Cl)cc3)CC2)C1.CC(C)(C)N1CCC2(CCN(c3ccc(F)cc3)CC2)C1.CC(C)(C)N1CCC2(CCN(c3ccccn3)CC2)C1.CC(C)(C)N1CCC2(CCN(c3cccnc3)CC2)C1.CC(C)(C)N1CCC2(CCN(c3ncccn3)CC2)C1. The third kappa shape index (κ3) is 24.4. The number of hydrogen-bond donors (Lipinski definition) is 0. The molecule has 6 spiro atoms. The largest absolute Gasteiger partial charge is 0.371 e. The van der Waals surface area contributed by atoms with E-state index in [0.29, 0.717) is 60.2 Å². The van der Waals surface area contributed by atoms with E-state index in [9.17, 15) is 4.39 Å². The van der Waals surface area contributed by atoms with Gasteiger partial charge in [0.1, 0.15) is 11.6 Å². The van der Waals surface area contributed by atoms with Gasteiger partial charge in [0.05, 0.1) is 11.9 Å². The number of benzene rings is 2. The van der Waals surface area contributed by atoms with Gasteiger partial charge >= 0.3 is 0 Å². The maximum absolute atomic E-state index is 13.0. The van der Waals surface area contributed by atoms with Crippen molar-refractivity contribution in [3.63, 3.8) is 0 Å². The zero-order valence-electron chi connectivity index (χ0n) is 79.5. The summed E-state index contributed by atoms with van der Waals surface area (Å²) >= 11 is 5.98. The highest BCUT2D eigenvalue weighted by molar-refractivity contribution is 6.30. The van der Waals surface area contributed by atoms with Crippen LogP contribution >= 0.6 is 11.6 Å². The van der Waals surface area contributed by atoms with Gasteiger partial charge in [0.2, 0.25) is 5.95 Å². The molecule has 6 aromatic rings. The minimum Gasteiger partial charge on any atom is -0.371 e. The lowest BCUT2D eigenvalue weighted by molar-refractivity contribution is 0.122. The molecule has 0 unspecified atom stereocenters. The molecule has 12 fully saturated rings. The van der Waals surface area contributed by atoms with Crippen LogP contribution in [0.2, 0.25) is 5.02 Å². The molecule has 15 heterocycles. The number of pyridine rings is 3. The molecule has 18 heteroatoms. The van der Waals surface area contributed by atoms with Gasteiger partial charge in [-0.25, -0.2) is 19.3 Å². The fraction of sp³-hybridized carbons (Fsp3) is 0.702. The third-order valence-corrected chi connectivity index (χ3v) is 32.1. The number of likely N-dealkylation sites (tertiary alicyclic amines) is 6. The van der Waals surface area contributed by atoms with Crippen LogP contribution < -0.4 is 24.5 Å². The lowest BCUT2D eigenvalue weighted by Crippen LogP contribution is -2.45. The fourth-order valence-corrected chi connectivity index (χ4v) is 22.8. The minimum absolute atomic E-state index is 0.149. The topological polar surface area (TPSA) is 100 Å². The molecule has 11 aliphatic heterocycles. The van der Waals surface area contributed by atoms with E-state index in [2.05, 4.69) is 246 Å². The van der Waals surface area contributed by atoms with E-state index < -0.39 is 0 Å². The summed E-state index contributed by atoms with van der Waals surface area (Å²) in [5.74, 6) is 2.66. The summed E-state index contributed by atoms with van der Waals surface area (Å²) in [6.45, 7) is 68.8. The number of aromatic nitrogens is 5.